The van der Waals surface area contributed by atoms with Gasteiger partial charge in [0.05, 0.1) is 0 Å². The molecule has 2 N–H and O–H groups in total. The van der Waals surface area contributed by atoms with Gasteiger partial charge in [0.1, 0.15) is 16.3 Å². The number of amides is 1. The molecule has 0 aliphatic rings. The Morgan fingerprint density at radius 1 is 1.04 bits per heavy atom. The molecule has 0 aliphatic carbocycles. The summed E-state index contributed by atoms with van der Waals surface area (Å²) in [4.78, 5) is 12.2. The van der Waals surface area contributed by atoms with Gasteiger partial charge in [-0.1, -0.05) is 68.4 Å². The molecule has 6 nitrogen and oxygen atoms in total. The minimum absolute atomic E-state index is 0.00347. The SMILES string of the molecule is CC(C)[Si](Oc1cccc(S(=O)(=O)O)c1NC(=O)C(C)(C)C)(C(C)C)C(C)C. The maximum atomic E-state index is 12.6. The number of anilines is 1. The third-order valence-electron chi connectivity index (χ3n) is 5.18. The van der Waals surface area contributed by atoms with Crippen molar-refractivity contribution in [3.63, 3.8) is 0 Å². The zero-order chi connectivity index (χ0) is 22.1. The summed E-state index contributed by atoms with van der Waals surface area (Å²) in [5, 5.41) is 2.68. The van der Waals surface area contributed by atoms with Gasteiger partial charge >= 0.3 is 0 Å². The average Bonchev–Trinajstić information content (AvgIpc) is 2.50. The average molecular weight is 430 g/mol. The monoisotopic (exact) mass is 429 g/mol. The zero-order valence-corrected chi connectivity index (χ0v) is 20.3. The highest BCUT2D eigenvalue weighted by Crippen LogP contribution is 2.45. The molecule has 28 heavy (non-hydrogen) atoms. The predicted molar refractivity (Wildman–Crippen MR) is 116 cm³/mol. The summed E-state index contributed by atoms with van der Waals surface area (Å²) in [5.41, 5.74) is 0.0321. The van der Waals surface area contributed by atoms with Crippen molar-refractivity contribution in [3.8, 4) is 5.75 Å². The van der Waals surface area contributed by atoms with Crippen LogP contribution in [-0.2, 0) is 14.9 Å². The van der Waals surface area contributed by atoms with E-state index in [1.807, 2.05) is 0 Å². The van der Waals surface area contributed by atoms with E-state index in [0.29, 0.717) is 0 Å². The Morgan fingerprint density at radius 3 is 1.86 bits per heavy atom. The Kier molecular flexibility index (Phi) is 7.53. The molecular weight excluding hydrogens is 394 g/mol. The van der Waals surface area contributed by atoms with Gasteiger partial charge in [0.2, 0.25) is 5.91 Å². The van der Waals surface area contributed by atoms with E-state index in [1.165, 1.54) is 12.1 Å². The minimum atomic E-state index is -4.54. The van der Waals surface area contributed by atoms with Gasteiger partial charge in [-0.15, -0.1) is 0 Å². The van der Waals surface area contributed by atoms with Crippen molar-refractivity contribution in [1.82, 2.24) is 0 Å². The first-order valence-corrected chi connectivity index (χ1v) is 13.2. The Morgan fingerprint density at radius 2 is 1.50 bits per heavy atom. The second-order valence-electron chi connectivity index (χ2n) is 9.23. The molecule has 1 rings (SSSR count). The van der Waals surface area contributed by atoms with Crippen molar-refractivity contribution in [1.29, 1.82) is 0 Å². The van der Waals surface area contributed by atoms with Gasteiger partial charge < -0.3 is 9.74 Å². The second kappa shape index (κ2) is 8.55. The van der Waals surface area contributed by atoms with E-state index < -0.39 is 23.9 Å². The fraction of sp³-hybridized carbons (Fsp3) is 0.650. The normalized spacial score (nSPS) is 13.3. The molecule has 0 atom stereocenters. The molecule has 1 aromatic rings. The summed E-state index contributed by atoms with van der Waals surface area (Å²) in [6.45, 7) is 17.9. The van der Waals surface area contributed by atoms with Gasteiger partial charge in [-0.05, 0) is 28.8 Å². The summed E-state index contributed by atoms with van der Waals surface area (Å²) in [7, 11) is -6.95. The number of benzene rings is 1. The Balaban J connectivity index is 3.69. The molecule has 0 saturated heterocycles. The predicted octanol–water partition coefficient (Wildman–Crippen LogP) is 5.47. The third-order valence-corrected chi connectivity index (χ3v) is 12.1. The molecule has 0 unspecified atom stereocenters. The molecule has 1 aromatic carbocycles. The van der Waals surface area contributed by atoms with Crippen LogP contribution in [0.2, 0.25) is 16.6 Å². The maximum Gasteiger partial charge on any atom is 0.296 e. The lowest BCUT2D eigenvalue weighted by Crippen LogP contribution is -2.50. The molecule has 8 heteroatoms. The molecule has 0 aromatic heterocycles. The standard InChI is InChI=1S/C20H35NO5SSi/c1-13(2)28(14(3)4,15(5)6)26-16-11-10-12-17(27(23,24)25)18(16)21-19(22)20(7,8)9/h10-15H,1-9H3,(H,21,22)(H,23,24,25). The van der Waals surface area contributed by atoms with E-state index in [-0.39, 0.29) is 38.9 Å². The van der Waals surface area contributed by atoms with Crippen LogP contribution in [-0.4, -0.2) is 27.2 Å². The molecule has 0 spiro atoms. The van der Waals surface area contributed by atoms with Crippen LogP contribution in [0.25, 0.3) is 0 Å². The molecule has 1 amide bonds. The molecule has 0 bridgehead atoms. The van der Waals surface area contributed by atoms with Crippen molar-refractivity contribution in [2.75, 3.05) is 5.32 Å². The summed E-state index contributed by atoms with van der Waals surface area (Å²) in [6.07, 6.45) is 0. The van der Waals surface area contributed by atoms with Crippen LogP contribution in [0.3, 0.4) is 0 Å². The smallest absolute Gasteiger partial charge is 0.296 e. The van der Waals surface area contributed by atoms with Crippen molar-refractivity contribution in [2.45, 2.75) is 83.8 Å². The number of carbonyl (C=O) groups is 1. The van der Waals surface area contributed by atoms with Crippen LogP contribution in [0.4, 0.5) is 5.69 Å². The highest BCUT2D eigenvalue weighted by atomic mass is 32.2. The van der Waals surface area contributed by atoms with Crippen LogP contribution in [0.15, 0.2) is 23.1 Å². The van der Waals surface area contributed by atoms with Gasteiger partial charge in [-0.2, -0.15) is 8.42 Å². The Labute approximate surface area is 170 Å². The number of nitrogens with one attached hydrogen (secondary N) is 1. The number of carbonyl (C=O) groups excluding carboxylic acids is 1. The Hall–Kier alpha value is -1.38. The third kappa shape index (κ3) is 5.15. The highest BCUT2D eigenvalue weighted by molar-refractivity contribution is 7.86. The molecule has 160 valence electrons. The molecule has 0 aliphatic heterocycles. The minimum Gasteiger partial charge on any atom is -0.541 e. The lowest BCUT2D eigenvalue weighted by Gasteiger charge is -2.42. The number of rotatable bonds is 7. The van der Waals surface area contributed by atoms with E-state index in [1.54, 1.807) is 26.8 Å². The summed E-state index contributed by atoms with van der Waals surface area (Å²) in [5.74, 6) is -0.0742. The number of para-hydroxylation sites is 1. The molecule has 0 heterocycles. The number of hydrogen-bond acceptors (Lipinski definition) is 4. The fourth-order valence-corrected chi connectivity index (χ4v) is 9.70. The van der Waals surface area contributed by atoms with E-state index in [0.717, 1.165) is 0 Å². The number of hydrogen-bond donors (Lipinski definition) is 2. The highest BCUT2D eigenvalue weighted by Gasteiger charge is 2.47. The first-order valence-electron chi connectivity index (χ1n) is 9.66. The van der Waals surface area contributed by atoms with E-state index in [2.05, 4.69) is 46.9 Å². The maximum absolute atomic E-state index is 12.6. The van der Waals surface area contributed by atoms with Gasteiger partial charge in [0.25, 0.3) is 18.4 Å². The quantitative estimate of drug-likeness (QED) is 0.443. The molecule has 0 radical (unpaired) electrons. The first kappa shape index (κ1) is 24.7. The van der Waals surface area contributed by atoms with Gasteiger partial charge in [0, 0.05) is 5.41 Å². The molecule has 0 saturated carbocycles. The molecule has 0 fully saturated rings. The summed E-state index contributed by atoms with van der Waals surface area (Å²) >= 11 is 0. The van der Waals surface area contributed by atoms with Crippen molar-refractivity contribution in [3.05, 3.63) is 18.2 Å². The van der Waals surface area contributed by atoms with Crippen LogP contribution in [0.1, 0.15) is 62.3 Å². The van der Waals surface area contributed by atoms with E-state index in [4.69, 9.17) is 4.43 Å². The first-order chi connectivity index (χ1) is 12.5. The van der Waals surface area contributed by atoms with E-state index in [9.17, 15) is 17.8 Å². The van der Waals surface area contributed by atoms with E-state index >= 15 is 0 Å². The van der Waals surface area contributed by atoms with Crippen LogP contribution >= 0.6 is 0 Å². The van der Waals surface area contributed by atoms with Crippen LogP contribution in [0.5, 0.6) is 5.75 Å². The van der Waals surface area contributed by atoms with Crippen molar-refractivity contribution < 1.29 is 22.2 Å². The van der Waals surface area contributed by atoms with Gasteiger partial charge in [-0.25, -0.2) is 0 Å². The zero-order valence-electron chi connectivity index (χ0n) is 18.5. The largest absolute Gasteiger partial charge is 0.541 e. The molecular formula is C20H35NO5SSi. The summed E-state index contributed by atoms with van der Waals surface area (Å²) < 4.78 is 40.3. The summed E-state index contributed by atoms with van der Waals surface area (Å²) in [6, 6.07) is 4.44. The van der Waals surface area contributed by atoms with Crippen LogP contribution in [0, 0.1) is 5.41 Å². The van der Waals surface area contributed by atoms with Gasteiger partial charge in [-0.3, -0.25) is 9.35 Å². The van der Waals surface area contributed by atoms with Gasteiger partial charge in [0.15, 0.2) is 0 Å². The van der Waals surface area contributed by atoms with Crippen molar-refractivity contribution in [2.24, 2.45) is 5.41 Å². The lowest BCUT2D eigenvalue weighted by molar-refractivity contribution is -0.123. The van der Waals surface area contributed by atoms with Crippen molar-refractivity contribution >= 4 is 30.0 Å². The second-order valence-corrected chi connectivity index (χ2v) is 16.0. The fourth-order valence-electron chi connectivity index (χ4n) is 3.78. The van der Waals surface area contributed by atoms with Crippen LogP contribution < -0.4 is 9.74 Å². The Bertz CT molecular complexity index is 789. The lowest BCUT2D eigenvalue weighted by atomic mass is 9.95. The topological polar surface area (TPSA) is 92.7 Å².